The molecule has 0 aliphatic carbocycles. The number of likely N-dealkylation sites (N-methyl/N-ethyl adjacent to an activating group) is 1. The number of methoxy groups -OCH3 is 2. The molecule has 1 atom stereocenters. The number of para-hydroxylation sites is 1. The van der Waals surface area contributed by atoms with Crippen molar-refractivity contribution >= 4 is 11.6 Å². The van der Waals surface area contributed by atoms with Crippen LogP contribution in [0.5, 0.6) is 17.2 Å². The van der Waals surface area contributed by atoms with Gasteiger partial charge in [-0.2, -0.15) is 8.78 Å². The molecule has 1 amide bonds. The van der Waals surface area contributed by atoms with Crippen molar-refractivity contribution in [1.29, 1.82) is 0 Å². The molecule has 0 fully saturated rings. The molecule has 0 bridgehead atoms. The minimum absolute atomic E-state index is 0.0378. The maximum Gasteiger partial charge on any atom is 0.387 e. The summed E-state index contributed by atoms with van der Waals surface area (Å²) in [5.74, 6) is 1.13. The van der Waals surface area contributed by atoms with Crippen molar-refractivity contribution in [3.05, 3.63) is 48.0 Å². The Morgan fingerprint density at radius 1 is 1.11 bits per heavy atom. The first-order valence-electron chi connectivity index (χ1n) is 8.28. The zero-order valence-corrected chi connectivity index (χ0v) is 15.4. The van der Waals surface area contributed by atoms with Gasteiger partial charge in [-0.15, -0.1) is 0 Å². The van der Waals surface area contributed by atoms with Crippen LogP contribution in [0, 0.1) is 0 Å². The van der Waals surface area contributed by atoms with Crippen LogP contribution in [0.3, 0.4) is 0 Å². The van der Waals surface area contributed by atoms with Gasteiger partial charge in [0.25, 0.3) is 5.91 Å². The molecule has 1 unspecified atom stereocenters. The van der Waals surface area contributed by atoms with E-state index < -0.39 is 6.61 Å². The summed E-state index contributed by atoms with van der Waals surface area (Å²) in [6, 6.07) is 11.4. The van der Waals surface area contributed by atoms with Crippen molar-refractivity contribution in [2.75, 3.05) is 33.1 Å². The quantitative estimate of drug-likeness (QED) is 0.697. The number of hydrogen-bond acceptors (Lipinski definition) is 4. The number of halogens is 2. The fourth-order valence-electron chi connectivity index (χ4n) is 2.68. The van der Waals surface area contributed by atoms with Gasteiger partial charge in [0.15, 0.2) is 18.0 Å². The van der Waals surface area contributed by atoms with Crippen LogP contribution < -0.4 is 24.4 Å². The molecule has 146 valence electrons. The average Bonchev–Trinajstić information content (AvgIpc) is 2.62. The van der Waals surface area contributed by atoms with Crippen LogP contribution in [-0.4, -0.2) is 40.3 Å². The van der Waals surface area contributed by atoms with Crippen molar-refractivity contribution in [1.82, 2.24) is 0 Å². The maximum absolute atomic E-state index is 12.2. The summed E-state index contributed by atoms with van der Waals surface area (Å²) in [6.45, 7) is -2.10. The summed E-state index contributed by atoms with van der Waals surface area (Å²) in [7, 11) is 5.03. The summed E-state index contributed by atoms with van der Waals surface area (Å²) in [5, 5.41) is 2.73. The van der Waals surface area contributed by atoms with Crippen LogP contribution in [-0.2, 0) is 11.3 Å². The third-order valence-electron chi connectivity index (χ3n) is 3.80. The molecule has 2 aromatic rings. The zero-order chi connectivity index (χ0) is 19.8. The second kappa shape index (κ2) is 9.72. The van der Waals surface area contributed by atoms with Gasteiger partial charge in [0, 0.05) is 5.69 Å². The van der Waals surface area contributed by atoms with E-state index in [1.165, 1.54) is 24.3 Å². The molecule has 0 saturated heterocycles. The van der Waals surface area contributed by atoms with E-state index in [2.05, 4.69) is 10.1 Å². The molecule has 2 rings (SSSR count). The van der Waals surface area contributed by atoms with E-state index in [1.54, 1.807) is 14.2 Å². The molecule has 8 heteroatoms. The van der Waals surface area contributed by atoms with Gasteiger partial charge in [-0.3, -0.25) is 4.79 Å². The largest absolute Gasteiger partial charge is 0.493 e. The lowest BCUT2D eigenvalue weighted by Crippen LogP contribution is -3.08. The Bertz CT molecular complexity index is 754. The van der Waals surface area contributed by atoms with E-state index in [-0.39, 0.29) is 18.2 Å². The number of alkyl halides is 2. The van der Waals surface area contributed by atoms with Gasteiger partial charge < -0.3 is 24.4 Å². The van der Waals surface area contributed by atoms with E-state index in [0.29, 0.717) is 23.7 Å². The molecule has 2 aromatic carbocycles. The maximum atomic E-state index is 12.2. The molecular formula is C19H23F2N2O4+. The lowest BCUT2D eigenvalue weighted by molar-refractivity contribution is -0.885. The molecule has 2 N–H and O–H groups in total. The second-order valence-corrected chi connectivity index (χ2v) is 5.91. The van der Waals surface area contributed by atoms with Crippen molar-refractivity contribution in [3.63, 3.8) is 0 Å². The first-order valence-corrected chi connectivity index (χ1v) is 8.28. The highest BCUT2D eigenvalue weighted by Crippen LogP contribution is 2.30. The van der Waals surface area contributed by atoms with Crippen molar-refractivity contribution in [2.45, 2.75) is 13.2 Å². The highest BCUT2D eigenvalue weighted by Gasteiger charge is 2.16. The summed E-state index contributed by atoms with van der Waals surface area (Å²) < 4.78 is 39.2. The Kier molecular flexibility index (Phi) is 7.36. The number of carbonyl (C=O) groups is 1. The van der Waals surface area contributed by atoms with Gasteiger partial charge in [0.1, 0.15) is 12.3 Å². The van der Waals surface area contributed by atoms with Gasteiger partial charge in [-0.1, -0.05) is 6.07 Å². The number of carbonyl (C=O) groups excluding carboxylic acids is 1. The highest BCUT2D eigenvalue weighted by atomic mass is 19.3. The minimum Gasteiger partial charge on any atom is -0.493 e. The fraction of sp³-hybridized carbons (Fsp3) is 0.316. The molecule has 27 heavy (non-hydrogen) atoms. The van der Waals surface area contributed by atoms with E-state index >= 15 is 0 Å². The standard InChI is InChI=1S/C19H22F2N2O4/c1-23(11-13-5-4-6-16(25-2)18(13)26-3)12-17(24)22-14-7-9-15(10-8-14)27-19(20)21/h4-10,19H,11-12H2,1-3H3,(H,22,24)/p+1. The Hall–Kier alpha value is -2.87. The van der Waals surface area contributed by atoms with Gasteiger partial charge in [0.2, 0.25) is 0 Å². The summed E-state index contributed by atoms with van der Waals surface area (Å²) >= 11 is 0. The first kappa shape index (κ1) is 20.4. The smallest absolute Gasteiger partial charge is 0.387 e. The number of quaternary nitrogens is 1. The van der Waals surface area contributed by atoms with Crippen LogP contribution in [0.2, 0.25) is 0 Å². The number of hydrogen-bond donors (Lipinski definition) is 2. The third-order valence-corrected chi connectivity index (χ3v) is 3.80. The predicted molar refractivity (Wildman–Crippen MR) is 96.7 cm³/mol. The number of rotatable bonds is 9. The van der Waals surface area contributed by atoms with Crippen LogP contribution in [0.15, 0.2) is 42.5 Å². The van der Waals surface area contributed by atoms with E-state index in [9.17, 15) is 13.6 Å². The monoisotopic (exact) mass is 381 g/mol. The summed E-state index contributed by atoms with van der Waals surface area (Å²) in [6.07, 6.45) is 0. The fourth-order valence-corrected chi connectivity index (χ4v) is 2.68. The highest BCUT2D eigenvalue weighted by molar-refractivity contribution is 5.91. The Morgan fingerprint density at radius 3 is 2.41 bits per heavy atom. The molecule has 0 aliphatic rings. The average molecular weight is 381 g/mol. The molecule has 0 saturated carbocycles. The SMILES string of the molecule is COc1cccc(C[NH+](C)CC(=O)Nc2ccc(OC(F)F)cc2)c1OC. The third kappa shape index (κ3) is 6.10. The van der Waals surface area contributed by atoms with Crippen LogP contribution >= 0.6 is 0 Å². The lowest BCUT2D eigenvalue weighted by Gasteiger charge is -2.17. The van der Waals surface area contributed by atoms with E-state index in [0.717, 1.165) is 10.5 Å². The van der Waals surface area contributed by atoms with Gasteiger partial charge >= 0.3 is 6.61 Å². The topological polar surface area (TPSA) is 61.2 Å². The number of anilines is 1. The first-order chi connectivity index (χ1) is 12.9. The van der Waals surface area contributed by atoms with Crippen LogP contribution in [0.25, 0.3) is 0 Å². The Balaban J connectivity index is 1.92. The van der Waals surface area contributed by atoms with Crippen molar-refractivity contribution < 1.29 is 32.7 Å². The second-order valence-electron chi connectivity index (χ2n) is 5.91. The predicted octanol–water partition coefficient (Wildman–Crippen LogP) is 1.96. The minimum atomic E-state index is -2.88. The van der Waals surface area contributed by atoms with Gasteiger partial charge in [-0.05, 0) is 36.4 Å². The summed E-state index contributed by atoms with van der Waals surface area (Å²) in [5.41, 5.74) is 1.43. The van der Waals surface area contributed by atoms with Crippen LogP contribution in [0.4, 0.5) is 14.5 Å². The number of ether oxygens (including phenoxy) is 3. The summed E-state index contributed by atoms with van der Waals surface area (Å²) in [4.78, 5) is 13.2. The molecular weight excluding hydrogens is 358 g/mol. The van der Waals surface area contributed by atoms with Crippen LogP contribution in [0.1, 0.15) is 5.56 Å². The number of nitrogens with one attached hydrogen (secondary N) is 2. The molecule has 0 radical (unpaired) electrons. The lowest BCUT2D eigenvalue weighted by atomic mass is 10.1. The Morgan fingerprint density at radius 2 is 1.81 bits per heavy atom. The van der Waals surface area contributed by atoms with Crippen molar-refractivity contribution in [3.8, 4) is 17.2 Å². The van der Waals surface area contributed by atoms with Gasteiger partial charge in [0.05, 0.1) is 26.8 Å². The van der Waals surface area contributed by atoms with Crippen molar-refractivity contribution in [2.24, 2.45) is 0 Å². The number of benzene rings is 2. The molecule has 0 aliphatic heterocycles. The zero-order valence-electron chi connectivity index (χ0n) is 15.4. The van der Waals surface area contributed by atoms with Gasteiger partial charge in [-0.25, -0.2) is 0 Å². The Labute approximate surface area is 156 Å². The van der Waals surface area contributed by atoms with E-state index in [4.69, 9.17) is 9.47 Å². The number of amides is 1. The van der Waals surface area contributed by atoms with E-state index in [1.807, 2.05) is 25.2 Å². The molecule has 0 aromatic heterocycles. The normalized spacial score (nSPS) is 11.8. The molecule has 0 heterocycles. The molecule has 0 spiro atoms. The molecule has 6 nitrogen and oxygen atoms in total.